The minimum absolute atomic E-state index is 0. The van der Waals surface area contributed by atoms with Gasteiger partial charge in [0, 0.05) is 12.5 Å². The average molecular weight is 261 g/mol. The number of hydrogen-bond acceptors (Lipinski definition) is 3. The first-order valence-corrected chi connectivity index (χ1v) is 7.47. The van der Waals surface area contributed by atoms with E-state index in [1.165, 1.54) is 0 Å². The fourth-order valence-corrected chi connectivity index (χ4v) is 2.48. The summed E-state index contributed by atoms with van der Waals surface area (Å²) in [7, 11) is 0. The maximum Gasteiger partial charge on any atom is 0.0697 e. The zero-order valence-corrected chi connectivity index (χ0v) is 12.7. The molecule has 3 heteroatoms. The van der Waals surface area contributed by atoms with E-state index in [9.17, 15) is 10.2 Å². The molecule has 0 bridgehead atoms. The molecule has 112 valence electrons. The largest absolute Gasteiger partial charge is 0.396 e. The van der Waals surface area contributed by atoms with Gasteiger partial charge in [0.15, 0.2) is 0 Å². The smallest absolute Gasteiger partial charge is 0.0697 e. The van der Waals surface area contributed by atoms with Gasteiger partial charge in [-0.3, -0.25) is 0 Å². The second kappa shape index (κ2) is 11.9. The quantitative estimate of drug-likeness (QED) is 0.525. The Morgan fingerprint density at radius 3 is 1.67 bits per heavy atom. The highest BCUT2D eigenvalue weighted by atomic mass is 16.3. The molecule has 0 aliphatic carbocycles. The van der Waals surface area contributed by atoms with Crippen molar-refractivity contribution in [1.29, 1.82) is 0 Å². The molecule has 0 radical (unpaired) electrons. The SMILES string of the molecule is CCCCC(CO)C(O)(CCCC)CCCC.N. The van der Waals surface area contributed by atoms with Gasteiger partial charge in [0.2, 0.25) is 0 Å². The van der Waals surface area contributed by atoms with Crippen molar-refractivity contribution in [3.05, 3.63) is 0 Å². The molecule has 0 saturated heterocycles. The second-order valence-electron chi connectivity index (χ2n) is 5.33. The van der Waals surface area contributed by atoms with E-state index in [0.717, 1.165) is 57.8 Å². The van der Waals surface area contributed by atoms with Gasteiger partial charge in [0.1, 0.15) is 0 Å². The van der Waals surface area contributed by atoms with Crippen molar-refractivity contribution in [2.45, 2.75) is 84.2 Å². The van der Waals surface area contributed by atoms with Crippen LogP contribution >= 0.6 is 0 Å². The molecular weight excluding hydrogens is 226 g/mol. The third-order valence-corrected chi connectivity index (χ3v) is 3.81. The predicted octanol–water partition coefficient (Wildman–Crippen LogP) is 4.06. The van der Waals surface area contributed by atoms with Crippen LogP contribution in [-0.2, 0) is 0 Å². The van der Waals surface area contributed by atoms with E-state index in [4.69, 9.17) is 0 Å². The van der Waals surface area contributed by atoms with Crippen LogP contribution in [0.4, 0.5) is 0 Å². The molecule has 0 spiro atoms. The maximum absolute atomic E-state index is 10.8. The van der Waals surface area contributed by atoms with Gasteiger partial charge in [0.05, 0.1) is 5.60 Å². The third kappa shape index (κ3) is 7.34. The molecule has 3 nitrogen and oxygen atoms in total. The van der Waals surface area contributed by atoms with Gasteiger partial charge in [-0.15, -0.1) is 0 Å². The molecule has 5 N–H and O–H groups in total. The summed E-state index contributed by atoms with van der Waals surface area (Å²) >= 11 is 0. The first-order chi connectivity index (χ1) is 8.14. The summed E-state index contributed by atoms with van der Waals surface area (Å²) in [6, 6.07) is 0. The first-order valence-electron chi connectivity index (χ1n) is 7.47. The summed E-state index contributed by atoms with van der Waals surface area (Å²) in [6.07, 6.45) is 9.22. The van der Waals surface area contributed by atoms with Crippen molar-refractivity contribution < 1.29 is 10.2 Å². The Hall–Kier alpha value is -0.120. The van der Waals surface area contributed by atoms with Gasteiger partial charge in [-0.2, -0.15) is 0 Å². The van der Waals surface area contributed by atoms with E-state index in [0.29, 0.717) is 0 Å². The second-order valence-corrected chi connectivity index (χ2v) is 5.33. The Balaban J connectivity index is 0. The highest BCUT2D eigenvalue weighted by molar-refractivity contribution is 4.86. The van der Waals surface area contributed by atoms with Crippen molar-refractivity contribution in [1.82, 2.24) is 6.15 Å². The lowest BCUT2D eigenvalue weighted by molar-refractivity contribution is -0.0594. The Labute approximate surface area is 114 Å². The minimum atomic E-state index is -0.629. The van der Waals surface area contributed by atoms with Crippen molar-refractivity contribution in [2.75, 3.05) is 6.61 Å². The molecule has 0 aromatic rings. The van der Waals surface area contributed by atoms with Gasteiger partial charge in [-0.05, 0) is 19.3 Å². The van der Waals surface area contributed by atoms with Crippen LogP contribution in [-0.4, -0.2) is 22.4 Å². The number of hydrogen-bond donors (Lipinski definition) is 3. The Kier molecular flexibility index (Phi) is 13.4. The van der Waals surface area contributed by atoms with Crippen molar-refractivity contribution >= 4 is 0 Å². The molecule has 0 aromatic carbocycles. The molecule has 0 aliphatic heterocycles. The standard InChI is InChI=1S/C15H32O2.H3N/c1-4-7-10-14(13-16)15(17,11-8-5-2)12-9-6-3;/h14,16-17H,4-13H2,1-3H3;1H3. The third-order valence-electron chi connectivity index (χ3n) is 3.81. The summed E-state index contributed by atoms with van der Waals surface area (Å²) in [4.78, 5) is 0. The molecule has 0 aliphatic rings. The predicted molar refractivity (Wildman–Crippen MR) is 79.1 cm³/mol. The summed E-state index contributed by atoms with van der Waals surface area (Å²) in [5, 5.41) is 20.3. The summed E-state index contributed by atoms with van der Waals surface area (Å²) in [5.74, 6) is 0.0700. The molecule has 1 atom stereocenters. The zero-order valence-electron chi connectivity index (χ0n) is 12.7. The lowest BCUT2D eigenvalue weighted by Gasteiger charge is -2.36. The van der Waals surface area contributed by atoms with Crippen LogP contribution < -0.4 is 6.15 Å². The number of aliphatic hydroxyl groups is 2. The van der Waals surface area contributed by atoms with Crippen molar-refractivity contribution in [3.63, 3.8) is 0 Å². The Morgan fingerprint density at radius 2 is 1.33 bits per heavy atom. The monoisotopic (exact) mass is 261 g/mol. The Bertz CT molecular complexity index is 166. The summed E-state index contributed by atoms with van der Waals surface area (Å²) < 4.78 is 0. The Morgan fingerprint density at radius 1 is 0.889 bits per heavy atom. The van der Waals surface area contributed by atoms with Gasteiger partial charge in [-0.1, -0.05) is 59.3 Å². The highest BCUT2D eigenvalue weighted by Gasteiger charge is 2.34. The molecule has 0 rings (SSSR count). The number of rotatable bonds is 11. The van der Waals surface area contributed by atoms with E-state index in [1.54, 1.807) is 0 Å². The molecule has 0 amide bonds. The molecule has 0 fully saturated rings. The van der Waals surface area contributed by atoms with E-state index in [1.807, 2.05) is 0 Å². The van der Waals surface area contributed by atoms with Gasteiger partial charge >= 0.3 is 0 Å². The van der Waals surface area contributed by atoms with Crippen molar-refractivity contribution in [3.8, 4) is 0 Å². The zero-order chi connectivity index (χ0) is 13.1. The molecule has 18 heavy (non-hydrogen) atoms. The minimum Gasteiger partial charge on any atom is -0.396 e. The van der Waals surface area contributed by atoms with Crippen LogP contribution in [0.25, 0.3) is 0 Å². The van der Waals surface area contributed by atoms with Gasteiger partial charge in [-0.25, -0.2) is 0 Å². The van der Waals surface area contributed by atoms with Crippen LogP contribution in [0.5, 0.6) is 0 Å². The van der Waals surface area contributed by atoms with Gasteiger partial charge in [0.25, 0.3) is 0 Å². The van der Waals surface area contributed by atoms with Gasteiger partial charge < -0.3 is 16.4 Å². The van der Waals surface area contributed by atoms with E-state index < -0.39 is 5.60 Å². The molecule has 0 aromatic heterocycles. The van der Waals surface area contributed by atoms with Crippen LogP contribution in [0.1, 0.15) is 78.6 Å². The molecular formula is C15H35NO2. The van der Waals surface area contributed by atoms with Crippen LogP contribution in [0.15, 0.2) is 0 Å². The molecule has 1 unspecified atom stereocenters. The normalized spacial score (nSPS) is 13.2. The fraction of sp³-hybridized carbons (Fsp3) is 1.00. The summed E-state index contributed by atoms with van der Waals surface area (Å²) in [5.41, 5.74) is -0.629. The van der Waals surface area contributed by atoms with E-state index in [-0.39, 0.29) is 18.7 Å². The van der Waals surface area contributed by atoms with E-state index >= 15 is 0 Å². The molecule has 0 saturated carbocycles. The average Bonchev–Trinajstić information content (AvgIpc) is 2.35. The first kappa shape index (κ1) is 20.2. The lowest BCUT2D eigenvalue weighted by atomic mass is 9.77. The van der Waals surface area contributed by atoms with Crippen LogP contribution in [0, 0.1) is 5.92 Å². The van der Waals surface area contributed by atoms with Crippen LogP contribution in [0.3, 0.4) is 0 Å². The van der Waals surface area contributed by atoms with Crippen molar-refractivity contribution in [2.24, 2.45) is 5.92 Å². The van der Waals surface area contributed by atoms with E-state index in [2.05, 4.69) is 20.8 Å². The topological polar surface area (TPSA) is 75.5 Å². The summed E-state index contributed by atoms with van der Waals surface area (Å²) in [6.45, 7) is 6.59. The number of unbranched alkanes of at least 4 members (excludes halogenated alkanes) is 3. The maximum atomic E-state index is 10.8. The number of aliphatic hydroxyl groups excluding tert-OH is 1. The molecule has 0 heterocycles. The van der Waals surface area contributed by atoms with Crippen LogP contribution in [0.2, 0.25) is 0 Å². The lowest BCUT2D eigenvalue weighted by Crippen LogP contribution is -2.40. The highest BCUT2D eigenvalue weighted by Crippen LogP contribution is 2.32. The fourth-order valence-electron chi connectivity index (χ4n) is 2.48.